The number of aromatic nitrogens is 1. The highest BCUT2D eigenvalue weighted by Gasteiger charge is 2.35. The van der Waals surface area contributed by atoms with E-state index in [2.05, 4.69) is 16.7 Å². The van der Waals surface area contributed by atoms with Gasteiger partial charge in [-0.2, -0.15) is 5.26 Å². The summed E-state index contributed by atoms with van der Waals surface area (Å²) in [6.07, 6.45) is 3.49. The van der Waals surface area contributed by atoms with Crippen molar-refractivity contribution >= 4 is 28.6 Å². The third kappa shape index (κ3) is 4.40. The Balaban J connectivity index is 1.66. The van der Waals surface area contributed by atoms with Crippen LogP contribution in [0.2, 0.25) is 0 Å². The predicted octanol–water partition coefficient (Wildman–Crippen LogP) is 1.62. The average Bonchev–Trinajstić information content (AvgIpc) is 3.40. The highest BCUT2D eigenvalue weighted by molar-refractivity contribution is 5.99. The van der Waals surface area contributed by atoms with E-state index in [0.29, 0.717) is 36.6 Å². The average molecular weight is 438 g/mol. The minimum atomic E-state index is -0.794. The van der Waals surface area contributed by atoms with Crippen molar-refractivity contribution < 1.29 is 19.1 Å². The molecule has 32 heavy (non-hydrogen) atoms. The van der Waals surface area contributed by atoms with Crippen molar-refractivity contribution in [3.05, 3.63) is 30.0 Å². The van der Waals surface area contributed by atoms with Crippen LogP contribution in [0, 0.1) is 23.2 Å². The number of hydrogen-bond acceptors (Lipinski definition) is 5. The van der Waals surface area contributed by atoms with E-state index in [1.807, 2.05) is 0 Å². The van der Waals surface area contributed by atoms with Gasteiger partial charge in [-0.05, 0) is 49.4 Å². The fourth-order valence-electron chi connectivity index (χ4n) is 4.43. The highest BCUT2D eigenvalue weighted by Crippen LogP contribution is 2.39. The lowest BCUT2D eigenvalue weighted by Gasteiger charge is -2.24. The molecule has 0 spiro atoms. The first-order valence-electron chi connectivity index (χ1n) is 10.9. The second-order valence-electron chi connectivity index (χ2n) is 8.59. The number of nitrogens with one attached hydrogen (secondary N) is 2. The van der Waals surface area contributed by atoms with E-state index in [-0.39, 0.29) is 29.8 Å². The summed E-state index contributed by atoms with van der Waals surface area (Å²) >= 11 is 0. The molecular weight excluding hydrogens is 410 g/mol. The molecule has 4 N–H and O–H groups in total. The van der Waals surface area contributed by atoms with E-state index in [0.717, 1.165) is 18.2 Å². The second-order valence-corrected chi connectivity index (χ2v) is 8.59. The van der Waals surface area contributed by atoms with E-state index >= 15 is 0 Å². The largest absolute Gasteiger partial charge is 0.497 e. The molecule has 3 atom stereocenters. The number of methoxy groups -OCH3 is 1. The van der Waals surface area contributed by atoms with Crippen LogP contribution in [-0.4, -0.2) is 42.0 Å². The first-order valence-corrected chi connectivity index (χ1v) is 10.9. The van der Waals surface area contributed by atoms with Crippen LogP contribution in [0.15, 0.2) is 24.3 Å². The number of fused-ring (bicyclic) bond motifs is 1. The number of primary amides is 1. The van der Waals surface area contributed by atoms with Crippen molar-refractivity contribution in [3.63, 3.8) is 0 Å². The van der Waals surface area contributed by atoms with Crippen molar-refractivity contribution in [2.45, 2.75) is 44.2 Å². The van der Waals surface area contributed by atoms with Gasteiger partial charge in [0.2, 0.25) is 11.8 Å². The first-order chi connectivity index (χ1) is 15.4. The number of ether oxygens (including phenoxy) is 1. The maximum atomic E-state index is 13.4. The SMILES string of the molecule is COc1ccc2c(c1)cc(C(N)=O)n2[C@@H](CC1CC1)C(=O)N[C@H](C#N)C[C@@H]1CCNC1=O. The van der Waals surface area contributed by atoms with Gasteiger partial charge in [-0.1, -0.05) is 12.8 Å². The van der Waals surface area contributed by atoms with E-state index in [4.69, 9.17) is 10.5 Å². The van der Waals surface area contributed by atoms with Crippen molar-refractivity contribution in [2.75, 3.05) is 13.7 Å². The summed E-state index contributed by atoms with van der Waals surface area (Å²) < 4.78 is 6.96. The molecule has 1 saturated heterocycles. The Hall–Kier alpha value is -3.54. The topological polar surface area (TPSA) is 139 Å². The van der Waals surface area contributed by atoms with Crippen LogP contribution >= 0.6 is 0 Å². The summed E-state index contributed by atoms with van der Waals surface area (Å²) in [6.45, 7) is 0.584. The molecular formula is C23H27N5O4. The Bertz CT molecular complexity index is 1100. The van der Waals surface area contributed by atoms with Crippen LogP contribution in [-0.2, 0) is 9.59 Å². The molecule has 1 aliphatic carbocycles. The van der Waals surface area contributed by atoms with E-state index in [9.17, 15) is 19.6 Å². The fourth-order valence-corrected chi connectivity index (χ4v) is 4.43. The molecule has 168 valence electrons. The van der Waals surface area contributed by atoms with Gasteiger partial charge in [0, 0.05) is 23.4 Å². The zero-order valence-electron chi connectivity index (χ0n) is 18.0. The summed E-state index contributed by atoms with van der Waals surface area (Å²) in [4.78, 5) is 37.6. The molecule has 2 heterocycles. The number of nitriles is 1. The van der Waals surface area contributed by atoms with E-state index in [1.54, 1.807) is 35.9 Å². The number of hydrogen-bond donors (Lipinski definition) is 3. The number of amides is 3. The molecule has 4 rings (SSSR count). The Morgan fingerprint density at radius 3 is 2.69 bits per heavy atom. The monoisotopic (exact) mass is 437 g/mol. The lowest BCUT2D eigenvalue weighted by atomic mass is 9.98. The van der Waals surface area contributed by atoms with Gasteiger partial charge in [-0.3, -0.25) is 14.4 Å². The van der Waals surface area contributed by atoms with E-state index < -0.39 is 18.0 Å². The third-order valence-electron chi connectivity index (χ3n) is 6.32. The van der Waals surface area contributed by atoms with Gasteiger partial charge in [0.15, 0.2) is 0 Å². The second kappa shape index (κ2) is 8.91. The summed E-state index contributed by atoms with van der Waals surface area (Å²) in [5.41, 5.74) is 6.60. The maximum absolute atomic E-state index is 13.4. The van der Waals surface area contributed by atoms with Gasteiger partial charge >= 0.3 is 0 Å². The van der Waals surface area contributed by atoms with Gasteiger partial charge in [-0.25, -0.2) is 0 Å². The molecule has 1 aromatic carbocycles. The number of carbonyl (C=O) groups is 3. The zero-order valence-corrected chi connectivity index (χ0v) is 18.0. The normalized spacial score (nSPS) is 19.8. The van der Waals surface area contributed by atoms with Gasteiger partial charge in [0.05, 0.1) is 13.2 Å². The lowest BCUT2D eigenvalue weighted by molar-refractivity contribution is -0.126. The van der Waals surface area contributed by atoms with E-state index in [1.165, 1.54) is 0 Å². The van der Waals surface area contributed by atoms with Crippen LogP contribution in [0.25, 0.3) is 10.9 Å². The molecule has 0 bridgehead atoms. The van der Waals surface area contributed by atoms with Gasteiger partial charge in [-0.15, -0.1) is 0 Å². The fraction of sp³-hybridized carbons (Fsp3) is 0.478. The number of carbonyl (C=O) groups excluding carboxylic acids is 3. The smallest absolute Gasteiger partial charge is 0.265 e. The Kier molecular flexibility index (Phi) is 6.04. The molecule has 0 radical (unpaired) electrons. The number of rotatable bonds is 9. The minimum absolute atomic E-state index is 0.0876. The molecule has 9 heteroatoms. The van der Waals surface area contributed by atoms with Crippen LogP contribution in [0.3, 0.4) is 0 Å². The van der Waals surface area contributed by atoms with Gasteiger partial charge < -0.3 is 25.7 Å². The van der Waals surface area contributed by atoms with Gasteiger partial charge in [0.1, 0.15) is 23.5 Å². The first kappa shape index (κ1) is 21.7. The molecule has 2 aromatic rings. The summed E-state index contributed by atoms with van der Waals surface area (Å²) in [5.74, 6) is -0.347. The molecule has 1 aromatic heterocycles. The van der Waals surface area contributed by atoms with Crippen LogP contribution in [0.5, 0.6) is 5.75 Å². The molecule has 9 nitrogen and oxygen atoms in total. The highest BCUT2D eigenvalue weighted by atomic mass is 16.5. The van der Waals surface area contributed by atoms with Crippen LogP contribution in [0.4, 0.5) is 0 Å². The molecule has 0 unspecified atom stereocenters. The van der Waals surface area contributed by atoms with Crippen LogP contribution < -0.4 is 21.1 Å². The predicted molar refractivity (Wildman–Crippen MR) is 117 cm³/mol. The number of benzene rings is 1. The van der Waals surface area contributed by atoms with Crippen molar-refractivity contribution in [2.24, 2.45) is 17.6 Å². The standard InChI is InChI=1S/C23H27N5O4/c1-32-17-4-5-18-15(10-17)11-19(21(25)29)28(18)20(8-13-2-3-13)23(31)27-16(12-24)9-14-6-7-26-22(14)30/h4-5,10-11,13-14,16,20H,2-3,6-9H2,1H3,(H2,25,29)(H,26,30)(H,27,31)/t14-,16-,20-/m0/s1. The maximum Gasteiger partial charge on any atom is 0.265 e. The molecule has 1 saturated carbocycles. The van der Waals surface area contributed by atoms with Crippen molar-refractivity contribution in [1.29, 1.82) is 5.26 Å². The summed E-state index contributed by atoms with van der Waals surface area (Å²) in [5, 5.41) is 15.9. The molecule has 2 aliphatic rings. The Morgan fingerprint density at radius 2 is 2.09 bits per heavy atom. The molecule has 1 aliphatic heterocycles. The Labute approximate surface area is 185 Å². The van der Waals surface area contributed by atoms with Crippen molar-refractivity contribution in [3.8, 4) is 11.8 Å². The number of nitrogens with zero attached hydrogens (tertiary/aromatic N) is 2. The Morgan fingerprint density at radius 1 is 1.31 bits per heavy atom. The molecule has 3 amide bonds. The third-order valence-corrected chi connectivity index (χ3v) is 6.32. The van der Waals surface area contributed by atoms with Crippen LogP contribution in [0.1, 0.15) is 48.6 Å². The minimum Gasteiger partial charge on any atom is -0.497 e. The number of nitrogens with two attached hydrogens (primary N) is 1. The summed E-state index contributed by atoms with van der Waals surface area (Å²) in [6, 6.07) is 7.66. The van der Waals surface area contributed by atoms with Crippen molar-refractivity contribution in [1.82, 2.24) is 15.2 Å². The zero-order chi connectivity index (χ0) is 22.8. The van der Waals surface area contributed by atoms with Gasteiger partial charge in [0.25, 0.3) is 5.91 Å². The quantitative estimate of drug-likeness (QED) is 0.547. The lowest BCUT2D eigenvalue weighted by Crippen LogP contribution is -2.41. The summed E-state index contributed by atoms with van der Waals surface area (Å²) in [7, 11) is 1.56. The molecule has 2 fully saturated rings.